The van der Waals surface area contributed by atoms with Crippen molar-refractivity contribution in [2.45, 2.75) is 6.04 Å². The lowest BCUT2D eigenvalue weighted by atomic mass is 9.99. The molecule has 1 N–H and O–H groups in total. The number of nitrogens with one attached hydrogen (secondary N) is 1. The van der Waals surface area contributed by atoms with Crippen LogP contribution in [0.15, 0.2) is 54.6 Å². The third kappa shape index (κ3) is 3.09. The number of aromatic amines is 1. The largest absolute Gasteiger partial charge is 0.329 e. The number of benzene rings is 2. The summed E-state index contributed by atoms with van der Waals surface area (Å²) in [6, 6.07) is 17.6. The van der Waals surface area contributed by atoms with Gasteiger partial charge in [-0.25, -0.2) is 0 Å². The molecule has 2 aromatic carbocycles. The molecule has 132 valence electrons. The van der Waals surface area contributed by atoms with Crippen molar-refractivity contribution >= 4 is 5.91 Å². The monoisotopic (exact) mass is 348 g/mol. The minimum absolute atomic E-state index is 0.00708. The van der Waals surface area contributed by atoms with Gasteiger partial charge in [-0.3, -0.25) is 4.79 Å². The van der Waals surface area contributed by atoms with Gasteiger partial charge in [0.1, 0.15) is 0 Å². The smallest absolute Gasteiger partial charge is 0.255 e. The number of aromatic nitrogens is 4. The molecule has 3 aromatic rings. The number of likely N-dealkylation sites (N-methyl/N-ethyl adjacent to an activating group) is 1. The van der Waals surface area contributed by atoms with E-state index in [1.165, 1.54) is 0 Å². The highest BCUT2D eigenvalue weighted by Crippen LogP contribution is 2.29. The predicted octanol–water partition coefficient (Wildman–Crippen LogP) is 2.00. The van der Waals surface area contributed by atoms with Gasteiger partial charge in [-0.05, 0) is 23.9 Å². The predicted molar refractivity (Wildman–Crippen MR) is 97.3 cm³/mol. The Morgan fingerprint density at radius 2 is 1.85 bits per heavy atom. The molecule has 26 heavy (non-hydrogen) atoms. The van der Waals surface area contributed by atoms with Crippen LogP contribution < -0.4 is 0 Å². The van der Waals surface area contributed by atoms with E-state index in [9.17, 15) is 4.79 Å². The molecule has 0 bridgehead atoms. The van der Waals surface area contributed by atoms with E-state index in [1.807, 2.05) is 47.4 Å². The van der Waals surface area contributed by atoms with Crippen LogP contribution in [0.1, 0.15) is 22.0 Å². The molecule has 1 amide bonds. The normalized spacial score (nSPS) is 18.0. The van der Waals surface area contributed by atoms with Crippen molar-refractivity contribution in [2.24, 2.45) is 0 Å². The van der Waals surface area contributed by atoms with Crippen molar-refractivity contribution in [1.29, 1.82) is 0 Å². The van der Waals surface area contributed by atoms with Crippen molar-refractivity contribution < 1.29 is 4.79 Å². The maximum absolute atomic E-state index is 13.4. The summed E-state index contributed by atoms with van der Waals surface area (Å²) in [6.07, 6.45) is 0. The molecule has 1 atom stereocenters. The summed E-state index contributed by atoms with van der Waals surface area (Å²) in [5.41, 5.74) is 2.43. The zero-order valence-electron chi connectivity index (χ0n) is 14.5. The fourth-order valence-corrected chi connectivity index (χ4v) is 3.42. The first-order chi connectivity index (χ1) is 12.7. The Bertz CT molecular complexity index is 880. The van der Waals surface area contributed by atoms with Crippen molar-refractivity contribution in [3.63, 3.8) is 0 Å². The number of H-pyrrole nitrogens is 1. The van der Waals surface area contributed by atoms with Gasteiger partial charge in [-0.1, -0.05) is 48.5 Å². The van der Waals surface area contributed by atoms with Gasteiger partial charge in [-0.15, -0.1) is 10.2 Å². The molecule has 1 fully saturated rings. The van der Waals surface area contributed by atoms with Crippen LogP contribution in [0, 0.1) is 0 Å². The van der Waals surface area contributed by atoms with Crippen LogP contribution in [-0.2, 0) is 0 Å². The van der Waals surface area contributed by atoms with Crippen molar-refractivity contribution in [1.82, 2.24) is 30.4 Å². The molecule has 4 rings (SSSR count). The van der Waals surface area contributed by atoms with Gasteiger partial charge < -0.3 is 9.80 Å². The lowest BCUT2D eigenvalue weighted by Gasteiger charge is -2.40. The molecule has 0 aliphatic carbocycles. The topological polar surface area (TPSA) is 78.0 Å². The van der Waals surface area contributed by atoms with E-state index in [2.05, 4.69) is 44.7 Å². The van der Waals surface area contributed by atoms with Gasteiger partial charge in [0, 0.05) is 25.2 Å². The van der Waals surface area contributed by atoms with Gasteiger partial charge in [0.2, 0.25) is 5.82 Å². The maximum Gasteiger partial charge on any atom is 0.255 e. The van der Waals surface area contributed by atoms with Crippen LogP contribution in [0.5, 0.6) is 0 Å². The minimum Gasteiger partial charge on any atom is -0.329 e. The van der Waals surface area contributed by atoms with E-state index in [0.29, 0.717) is 23.5 Å². The number of tetrazole rings is 1. The second-order valence-corrected chi connectivity index (χ2v) is 6.47. The average molecular weight is 348 g/mol. The highest BCUT2D eigenvalue weighted by atomic mass is 16.2. The van der Waals surface area contributed by atoms with E-state index in [-0.39, 0.29) is 11.9 Å². The molecule has 7 nitrogen and oxygen atoms in total. The number of carbonyl (C=O) groups excluding carboxylic acids is 1. The summed E-state index contributed by atoms with van der Waals surface area (Å²) in [7, 11) is 2.09. The standard InChI is InChI=1S/C19H20N6O/c1-24-11-12-25(17(13-24)14-7-3-2-4-8-14)19(26)16-10-6-5-9-15(16)18-20-22-23-21-18/h2-10,17H,11-13H2,1H3,(H,20,21,22,23)/t17-/m1/s1. The molecule has 0 saturated carbocycles. The van der Waals surface area contributed by atoms with Crippen LogP contribution in [0.3, 0.4) is 0 Å². The molecule has 0 radical (unpaired) electrons. The highest BCUT2D eigenvalue weighted by Gasteiger charge is 2.32. The molecular weight excluding hydrogens is 328 g/mol. The van der Waals surface area contributed by atoms with Crippen LogP contribution >= 0.6 is 0 Å². The van der Waals surface area contributed by atoms with Crippen molar-refractivity contribution in [3.8, 4) is 11.4 Å². The van der Waals surface area contributed by atoms with Gasteiger partial charge in [0.15, 0.2) is 0 Å². The number of rotatable bonds is 3. The Kier molecular flexibility index (Phi) is 4.45. The summed E-state index contributed by atoms with van der Waals surface area (Å²) in [5.74, 6) is 0.423. The molecule has 1 aliphatic heterocycles. The Balaban J connectivity index is 1.71. The summed E-state index contributed by atoms with van der Waals surface area (Å²) < 4.78 is 0. The second-order valence-electron chi connectivity index (χ2n) is 6.47. The average Bonchev–Trinajstić information content (AvgIpc) is 3.23. The zero-order valence-corrected chi connectivity index (χ0v) is 14.5. The number of piperazine rings is 1. The Morgan fingerprint density at radius 3 is 2.62 bits per heavy atom. The Hall–Kier alpha value is -3.06. The van der Waals surface area contributed by atoms with Gasteiger partial charge in [0.05, 0.1) is 11.6 Å². The molecule has 0 spiro atoms. The summed E-state index contributed by atoms with van der Waals surface area (Å²) >= 11 is 0. The third-order valence-electron chi connectivity index (χ3n) is 4.77. The van der Waals surface area contributed by atoms with E-state index >= 15 is 0 Å². The Morgan fingerprint density at radius 1 is 1.08 bits per heavy atom. The molecule has 1 aromatic heterocycles. The van der Waals surface area contributed by atoms with Crippen LogP contribution in [0.4, 0.5) is 0 Å². The summed E-state index contributed by atoms with van der Waals surface area (Å²) in [6.45, 7) is 2.33. The second kappa shape index (κ2) is 7.05. The van der Waals surface area contributed by atoms with Gasteiger partial charge >= 0.3 is 0 Å². The van der Waals surface area contributed by atoms with Gasteiger partial charge in [0.25, 0.3) is 5.91 Å². The Labute approximate surface area is 151 Å². The first kappa shape index (κ1) is 16.4. The molecule has 0 unspecified atom stereocenters. The zero-order chi connectivity index (χ0) is 17.9. The molecular formula is C19H20N6O. The maximum atomic E-state index is 13.4. The van der Waals surface area contributed by atoms with E-state index in [0.717, 1.165) is 18.7 Å². The minimum atomic E-state index is -0.00708. The SMILES string of the molecule is CN1CCN(C(=O)c2ccccc2-c2nn[nH]n2)[C@@H](c2ccccc2)C1. The number of hydrogen-bond donors (Lipinski definition) is 1. The fourth-order valence-electron chi connectivity index (χ4n) is 3.42. The number of amides is 1. The molecule has 1 aliphatic rings. The van der Waals surface area contributed by atoms with E-state index < -0.39 is 0 Å². The van der Waals surface area contributed by atoms with E-state index in [4.69, 9.17) is 0 Å². The first-order valence-corrected chi connectivity index (χ1v) is 8.61. The molecule has 1 saturated heterocycles. The van der Waals surface area contributed by atoms with Gasteiger partial charge in [-0.2, -0.15) is 5.21 Å². The molecule has 7 heteroatoms. The number of nitrogens with zero attached hydrogens (tertiary/aromatic N) is 5. The van der Waals surface area contributed by atoms with E-state index in [1.54, 1.807) is 0 Å². The third-order valence-corrected chi connectivity index (χ3v) is 4.77. The summed E-state index contributed by atoms with van der Waals surface area (Å²) in [4.78, 5) is 17.6. The van der Waals surface area contributed by atoms with Crippen LogP contribution in [0.2, 0.25) is 0 Å². The van der Waals surface area contributed by atoms with Crippen LogP contribution in [0.25, 0.3) is 11.4 Å². The quantitative estimate of drug-likeness (QED) is 0.783. The van der Waals surface area contributed by atoms with Crippen LogP contribution in [-0.4, -0.2) is 63.0 Å². The van der Waals surface area contributed by atoms with Crippen molar-refractivity contribution in [3.05, 3.63) is 65.7 Å². The van der Waals surface area contributed by atoms with Crippen molar-refractivity contribution in [2.75, 3.05) is 26.7 Å². The highest BCUT2D eigenvalue weighted by molar-refractivity contribution is 6.00. The molecule has 2 heterocycles. The first-order valence-electron chi connectivity index (χ1n) is 8.61. The number of hydrogen-bond acceptors (Lipinski definition) is 5. The fraction of sp³-hybridized carbons (Fsp3) is 0.263. The lowest BCUT2D eigenvalue weighted by molar-refractivity contribution is 0.0498. The lowest BCUT2D eigenvalue weighted by Crippen LogP contribution is -2.49. The summed E-state index contributed by atoms with van der Waals surface area (Å²) in [5, 5.41) is 14.1. The number of carbonyl (C=O) groups is 1.